The predicted molar refractivity (Wildman–Crippen MR) is 99.9 cm³/mol. The molecule has 1 aliphatic carbocycles. The number of ether oxygens (including phenoxy) is 2. The van der Waals surface area contributed by atoms with Crippen molar-refractivity contribution in [2.45, 2.75) is 67.7 Å². The molecule has 0 N–H and O–H groups in total. The minimum Gasteiger partial charge on any atom is -0.465 e. The molecule has 1 rings (SSSR count). The molecule has 5 unspecified atom stereocenters. The van der Waals surface area contributed by atoms with Crippen LogP contribution in [-0.4, -0.2) is 25.2 Å². The van der Waals surface area contributed by atoms with Gasteiger partial charge in [0.2, 0.25) is 0 Å². The maximum absolute atomic E-state index is 12.6. The van der Waals surface area contributed by atoms with E-state index in [2.05, 4.69) is 48.5 Å². The van der Waals surface area contributed by atoms with E-state index in [9.17, 15) is 9.59 Å². The van der Waals surface area contributed by atoms with Crippen LogP contribution in [0.15, 0.2) is 0 Å². The van der Waals surface area contributed by atoms with Gasteiger partial charge in [-0.15, -0.1) is 0 Å². The first-order valence-electron chi connectivity index (χ1n) is 9.96. The topological polar surface area (TPSA) is 52.6 Å². The van der Waals surface area contributed by atoms with Gasteiger partial charge in [-0.2, -0.15) is 0 Å². The Kier molecular flexibility index (Phi) is 8.95. The first kappa shape index (κ1) is 22.0. The fourth-order valence-corrected chi connectivity index (χ4v) is 2.95. The third kappa shape index (κ3) is 6.99. The van der Waals surface area contributed by atoms with Crippen LogP contribution in [0.4, 0.5) is 0 Å². The van der Waals surface area contributed by atoms with Crippen LogP contribution >= 0.6 is 0 Å². The van der Waals surface area contributed by atoms with Crippen molar-refractivity contribution in [3.8, 4) is 0 Å². The highest BCUT2D eigenvalue weighted by molar-refractivity contribution is 5.82. The van der Waals surface area contributed by atoms with Crippen molar-refractivity contribution in [3.05, 3.63) is 0 Å². The van der Waals surface area contributed by atoms with Crippen LogP contribution in [0, 0.1) is 41.4 Å². The molecule has 0 radical (unpaired) electrons. The van der Waals surface area contributed by atoms with Gasteiger partial charge >= 0.3 is 11.9 Å². The fourth-order valence-electron chi connectivity index (χ4n) is 2.95. The molecule has 1 saturated carbocycles. The van der Waals surface area contributed by atoms with E-state index < -0.39 is 0 Å². The summed E-state index contributed by atoms with van der Waals surface area (Å²) in [6.07, 6.45) is 2.40. The number of esters is 2. The summed E-state index contributed by atoms with van der Waals surface area (Å²) >= 11 is 0. The highest BCUT2D eigenvalue weighted by atomic mass is 16.5. The monoisotopic (exact) mass is 354 g/mol. The van der Waals surface area contributed by atoms with Gasteiger partial charge in [-0.25, -0.2) is 0 Å². The lowest BCUT2D eigenvalue weighted by Crippen LogP contribution is -2.38. The second-order valence-corrected chi connectivity index (χ2v) is 8.83. The zero-order valence-electron chi connectivity index (χ0n) is 17.2. The molecule has 0 aromatic rings. The van der Waals surface area contributed by atoms with E-state index in [1.807, 2.05) is 0 Å². The van der Waals surface area contributed by atoms with Crippen LogP contribution < -0.4 is 0 Å². The summed E-state index contributed by atoms with van der Waals surface area (Å²) < 4.78 is 11.1. The van der Waals surface area contributed by atoms with E-state index >= 15 is 0 Å². The Bertz CT molecular complexity index is 430. The summed E-state index contributed by atoms with van der Waals surface area (Å²) in [5.74, 6) is 0.872. The maximum atomic E-state index is 12.6. The van der Waals surface area contributed by atoms with Gasteiger partial charge in [0.25, 0.3) is 0 Å². The lowest BCUT2D eigenvalue weighted by Gasteiger charge is -2.32. The van der Waals surface area contributed by atoms with Crippen LogP contribution in [-0.2, 0) is 19.1 Å². The number of rotatable bonds is 8. The lowest BCUT2D eigenvalue weighted by atomic mass is 9.74. The van der Waals surface area contributed by atoms with Crippen LogP contribution in [0.5, 0.6) is 0 Å². The molecule has 0 aromatic carbocycles. The van der Waals surface area contributed by atoms with Gasteiger partial charge in [0.05, 0.1) is 25.0 Å². The Morgan fingerprint density at radius 3 is 1.68 bits per heavy atom. The van der Waals surface area contributed by atoms with E-state index in [-0.39, 0.29) is 23.8 Å². The number of hydrogen-bond donors (Lipinski definition) is 0. The SMILES string of the molecule is CC1CCC(C(=O)OCC(C)C(C)C)C(C(=O)OCC(C)C(C)C)C1. The number of carbonyl (C=O) groups excluding carboxylic acids is 2. The van der Waals surface area contributed by atoms with Gasteiger partial charge in [-0.1, -0.05) is 48.5 Å². The molecular weight excluding hydrogens is 316 g/mol. The largest absolute Gasteiger partial charge is 0.465 e. The van der Waals surface area contributed by atoms with Crippen molar-refractivity contribution in [2.24, 2.45) is 41.4 Å². The number of carbonyl (C=O) groups is 2. The molecule has 0 spiro atoms. The fraction of sp³-hybridized carbons (Fsp3) is 0.905. The van der Waals surface area contributed by atoms with Crippen molar-refractivity contribution in [2.75, 3.05) is 13.2 Å². The smallest absolute Gasteiger partial charge is 0.309 e. The molecule has 0 bridgehead atoms. The van der Waals surface area contributed by atoms with Gasteiger partial charge in [0, 0.05) is 0 Å². The molecule has 1 aliphatic rings. The second kappa shape index (κ2) is 10.2. The molecule has 0 amide bonds. The third-order valence-electron chi connectivity index (χ3n) is 5.97. The second-order valence-electron chi connectivity index (χ2n) is 8.83. The van der Waals surface area contributed by atoms with E-state index in [0.717, 1.165) is 12.8 Å². The Labute approximate surface area is 154 Å². The summed E-state index contributed by atoms with van der Waals surface area (Å²) in [6, 6.07) is 0. The van der Waals surface area contributed by atoms with Crippen molar-refractivity contribution in [3.63, 3.8) is 0 Å². The Hall–Kier alpha value is -1.06. The number of hydrogen-bond acceptors (Lipinski definition) is 4. The van der Waals surface area contributed by atoms with Crippen LogP contribution in [0.1, 0.15) is 67.7 Å². The molecule has 4 heteroatoms. The van der Waals surface area contributed by atoms with Crippen LogP contribution in [0.3, 0.4) is 0 Å². The summed E-state index contributed by atoms with van der Waals surface area (Å²) in [7, 11) is 0. The van der Waals surface area contributed by atoms with Crippen molar-refractivity contribution < 1.29 is 19.1 Å². The summed E-state index contributed by atoms with van der Waals surface area (Å²) in [5.41, 5.74) is 0. The summed E-state index contributed by atoms with van der Waals surface area (Å²) in [5, 5.41) is 0. The maximum Gasteiger partial charge on any atom is 0.309 e. The van der Waals surface area contributed by atoms with E-state index in [4.69, 9.17) is 9.47 Å². The molecule has 1 fully saturated rings. The molecule has 5 atom stereocenters. The summed E-state index contributed by atoms with van der Waals surface area (Å²) in [4.78, 5) is 25.2. The van der Waals surface area contributed by atoms with E-state index in [0.29, 0.717) is 49.2 Å². The highest BCUT2D eigenvalue weighted by Crippen LogP contribution is 2.35. The lowest BCUT2D eigenvalue weighted by molar-refractivity contribution is -0.165. The van der Waals surface area contributed by atoms with Crippen molar-refractivity contribution in [1.29, 1.82) is 0 Å². The Morgan fingerprint density at radius 2 is 1.24 bits per heavy atom. The van der Waals surface area contributed by atoms with Crippen molar-refractivity contribution in [1.82, 2.24) is 0 Å². The van der Waals surface area contributed by atoms with Crippen molar-refractivity contribution >= 4 is 11.9 Å². The van der Waals surface area contributed by atoms with Crippen LogP contribution in [0.2, 0.25) is 0 Å². The zero-order valence-corrected chi connectivity index (χ0v) is 17.2. The minimum atomic E-state index is -0.357. The average Bonchev–Trinajstić information content (AvgIpc) is 2.56. The molecule has 25 heavy (non-hydrogen) atoms. The van der Waals surface area contributed by atoms with Gasteiger partial charge < -0.3 is 9.47 Å². The zero-order chi connectivity index (χ0) is 19.1. The van der Waals surface area contributed by atoms with Gasteiger partial charge in [-0.3, -0.25) is 9.59 Å². The first-order valence-corrected chi connectivity index (χ1v) is 9.96. The van der Waals surface area contributed by atoms with Crippen LogP contribution in [0.25, 0.3) is 0 Å². The minimum absolute atomic E-state index is 0.224. The molecule has 146 valence electrons. The first-order chi connectivity index (χ1) is 11.6. The predicted octanol–water partition coefficient (Wildman–Crippen LogP) is 4.71. The quantitative estimate of drug-likeness (QED) is 0.592. The molecule has 0 aliphatic heterocycles. The summed E-state index contributed by atoms with van der Waals surface area (Å²) in [6.45, 7) is 15.6. The Morgan fingerprint density at radius 1 is 0.800 bits per heavy atom. The molecule has 0 saturated heterocycles. The molecule has 0 heterocycles. The third-order valence-corrected chi connectivity index (χ3v) is 5.97. The van der Waals surface area contributed by atoms with Gasteiger partial charge in [0.15, 0.2) is 0 Å². The highest BCUT2D eigenvalue weighted by Gasteiger charge is 2.40. The average molecular weight is 355 g/mol. The van der Waals surface area contributed by atoms with E-state index in [1.54, 1.807) is 0 Å². The van der Waals surface area contributed by atoms with Gasteiger partial charge in [0.1, 0.15) is 0 Å². The normalized spacial score (nSPS) is 26.4. The Balaban J connectivity index is 2.65. The van der Waals surface area contributed by atoms with Gasteiger partial charge in [-0.05, 0) is 48.9 Å². The molecule has 0 aromatic heterocycles. The molecule has 4 nitrogen and oxygen atoms in total. The molecular formula is C21H38O4. The van der Waals surface area contributed by atoms with E-state index in [1.165, 1.54) is 0 Å². The standard InChI is InChI=1S/C21H38O4/c1-13(2)16(6)11-24-20(22)18-9-8-15(5)10-19(18)21(23)25-12-17(7)14(3)4/h13-19H,8-12H2,1-7H3.